The lowest BCUT2D eigenvalue weighted by Crippen LogP contribution is -2.25. The van der Waals surface area contributed by atoms with Gasteiger partial charge in [0.2, 0.25) is 0 Å². The van der Waals surface area contributed by atoms with Gasteiger partial charge in [-0.05, 0) is 44.4 Å². The van der Waals surface area contributed by atoms with Crippen LogP contribution in [0.15, 0.2) is 36.5 Å². The number of aryl methyl sites for hydroxylation is 2. The maximum absolute atomic E-state index is 4.58. The van der Waals surface area contributed by atoms with E-state index < -0.39 is 0 Å². The van der Waals surface area contributed by atoms with Crippen molar-refractivity contribution < 1.29 is 0 Å². The molecule has 1 fully saturated rings. The first-order valence-electron chi connectivity index (χ1n) is 8.69. The first-order chi connectivity index (χ1) is 11.6. The van der Waals surface area contributed by atoms with E-state index in [1.807, 2.05) is 17.9 Å². The van der Waals surface area contributed by atoms with Crippen LogP contribution in [-0.4, -0.2) is 25.7 Å². The predicted octanol–water partition coefficient (Wildman–Crippen LogP) is 3.75. The number of nitrogens with zero attached hydrogens (tertiary/aromatic N) is 4. The van der Waals surface area contributed by atoms with Crippen LogP contribution < -0.4 is 0 Å². The van der Waals surface area contributed by atoms with E-state index >= 15 is 0 Å². The molecule has 1 aliphatic rings. The van der Waals surface area contributed by atoms with Gasteiger partial charge in [0.05, 0.1) is 11.2 Å². The van der Waals surface area contributed by atoms with Gasteiger partial charge in [0.25, 0.3) is 0 Å². The average Bonchev–Trinajstić information content (AvgIpc) is 3.39. The average molecular weight is 320 g/mol. The van der Waals surface area contributed by atoms with Crippen molar-refractivity contribution in [3.63, 3.8) is 0 Å². The minimum absolute atomic E-state index is 0.705. The maximum Gasteiger partial charge on any atom is 0.0705 e. The monoisotopic (exact) mass is 320 g/mol. The van der Waals surface area contributed by atoms with Crippen LogP contribution in [-0.2, 0) is 20.1 Å². The molecule has 0 spiro atoms. The molecule has 0 aliphatic heterocycles. The second kappa shape index (κ2) is 6.02. The number of benzene rings is 1. The number of pyridine rings is 1. The van der Waals surface area contributed by atoms with Gasteiger partial charge in [-0.1, -0.05) is 18.2 Å². The Morgan fingerprint density at radius 2 is 1.92 bits per heavy atom. The van der Waals surface area contributed by atoms with Crippen molar-refractivity contribution in [3.8, 4) is 0 Å². The summed E-state index contributed by atoms with van der Waals surface area (Å²) in [5.74, 6) is 0. The van der Waals surface area contributed by atoms with Crippen molar-refractivity contribution in [3.05, 3.63) is 59.0 Å². The van der Waals surface area contributed by atoms with Crippen LogP contribution in [0.25, 0.3) is 10.9 Å². The smallest absolute Gasteiger partial charge is 0.0705 e. The van der Waals surface area contributed by atoms with Crippen LogP contribution >= 0.6 is 0 Å². The molecule has 124 valence electrons. The van der Waals surface area contributed by atoms with E-state index in [1.165, 1.54) is 35.0 Å². The minimum Gasteiger partial charge on any atom is -0.292 e. The predicted molar refractivity (Wildman–Crippen MR) is 96.7 cm³/mol. The normalized spacial score (nSPS) is 14.7. The van der Waals surface area contributed by atoms with Crippen LogP contribution in [0.4, 0.5) is 0 Å². The molecule has 3 aromatic rings. The molecule has 4 nitrogen and oxygen atoms in total. The largest absolute Gasteiger partial charge is 0.292 e. The van der Waals surface area contributed by atoms with E-state index in [1.54, 1.807) is 0 Å². The fraction of sp³-hybridized carbons (Fsp3) is 0.400. The van der Waals surface area contributed by atoms with Gasteiger partial charge in [-0.25, -0.2) is 0 Å². The third-order valence-electron chi connectivity index (χ3n) is 5.20. The van der Waals surface area contributed by atoms with E-state index in [0.717, 1.165) is 24.3 Å². The lowest BCUT2D eigenvalue weighted by molar-refractivity contribution is 0.245. The zero-order valence-electron chi connectivity index (χ0n) is 14.7. The summed E-state index contributed by atoms with van der Waals surface area (Å²) in [4.78, 5) is 7.10. The second-order valence-corrected chi connectivity index (χ2v) is 6.90. The van der Waals surface area contributed by atoms with Crippen molar-refractivity contribution in [1.29, 1.82) is 0 Å². The topological polar surface area (TPSA) is 34.0 Å². The van der Waals surface area contributed by atoms with E-state index in [4.69, 9.17) is 0 Å². The Morgan fingerprint density at radius 3 is 2.62 bits per heavy atom. The zero-order valence-corrected chi connectivity index (χ0v) is 14.7. The SMILES string of the molecule is Cc1nn(C)c(C)c1CN(Cc1ccnc2ccccc12)C1CC1. The molecule has 0 N–H and O–H groups in total. The third-order valence-corrected chi connectivity index (χ3v) is 5.20. The van der Waals surface area contributed by atoms with Crippen LogP contribution in [0.3, 0.4) is 0 Å². The number of hydrogen-bond acceptors (Lipinski definition) is 3. The summed E-state index contributed by atoms with van der Waals surface area (Å²) >= 11 is 0. The maximum atomic E-state index is 4.58. The summed E-state index contributed by atoms with van der Waals surface area (Å²) in [6.07, 6.45) is 4.55. The Kier molecular flexibility index (Phi) is 3.85. The first-order valence-corrected chi connectivity index (χ1v) is 8.69. The van der Waals surface area contributed by atoms with Crippen LogP contribution in [0.1, 0.15) is 35.4 Å². The van der Waals surface area contributed by atoms with Crippen LogP contribution in [0.5, 0.6) is 0 Å². The number of rotatable bonds is 5. The zero-order chi connectivity index (χ0) is 16.7. The molecular formula is C20H24N4. The first kappa shape index (κ1) is 15.3. The van der Waals surface area contributed by atoms with Crippen molar-refractivity contribution in [1.82, 2.24) is 19.7 Å². The molecule has 0 saturated heterocycles. The molecule has 1 saturated carbocycles. The number of para-hydroxylation sites is 1. The number of fused-ring (bicyclic) bond motifs is 1. The molecule has 1 aromatic carbocycles. The third kappa shape index (κ3) is 2.82. The molecule has 24 heavy (non-hydrogen) atoms. The highest BCUT2D eigenvalue weighted by atomic mass is 15.3. The summed E-state index contributed by atoms with van der Waals surface area (Å²) in [6.45, 7) is 6.24. The molecule has 0 atom stereocenters. The molecule has 0 amide bonds. The Labute approximate surface area is 143 Å². The quantitative estimate of drug-likeness (QED) is 0.718. The molecule has 2 heterocycles. The number of hydrogen-bond donors (Lipinski definition) is 0. The van der Waals surface area contributed by atoms with Gasteiger partial charge >= 0.3 is 0 Å². The molecule has 4 rings (SSSR count). The van der Waals surface area contributed by atoms with Crippen molar-refractivity contribution in [2.24, 2.45) is 7.05 Å². The molecule has 4 heteroatoms. The number of aromatic nitrogens is 3. The molecule has 0 bridgehead atoms. The fourth-order valence-corrected chi connectivity index (χ4v) is 3.51. The fourth-order valence-electron chi connectivity index (χ4n) is 3.51. The van der Waals surface area contributed by atoms with E-state index in [9.17, 15) is 0 Å². The second-order valence-electron chi connectivity index (χ2n) is 6.90. The van der Waals surface area contributed by atoms with Gasteiger partial charge in [0.1, 0.15) is 0 Å². The highest BCUT2D eigenvalue weighted by molar-refractivity contribution is 5.81. The van der Waals surface area contributed by atoms with Crippen LogP contribution in [0.2, 0.25) is 0 Å². The van der Waals surface area contributed by atoms with Gasteiger partial charge in [0, 0.05) is 49.0 Å². The molecular weight excluding hydrogens is 296 g/mol. The Bertz CT molecular complexity index is 871. The Balaban J connectivity index is 1.64. The summed E-state index contributed by atoms with van der Waals surface area (Å²) < 4.78 is 2.00. The van der Waals surface area contributed by atoms with Crippen LogP contribution in [0, 0.1) is 13.8 Å². The van der Waals surface area contributed by atoms with Gasteiger partial charge in [-0.2, -0.15) is 5.10 Å². The van der Waals surface area contributed by atoms with Gasteiger partial charge < -0.3 is 0 Å². The van der Waals surface area contributed by atoms with Crippen molar-refractivity contribution >= 4 is 10.9 Å². The van der Waals surface area contributed by atoms with Crippen molar-refractivity contribution in [2.75, 3.05) is 0 Å². The van der Waals surface area contributed by atoms with Crippen molar-refractivity contribution in [2.45, 2.75) is 45.8 Å². The summed E-state index contributed by atoms with van der Waals surface area (Å²) in [5, 5.41) is 5.85. The molecule has 1 aliphatic carbocycles. The lowest BCUT2D eigenvalue weighted by Gasteiger charge is -2.23. The van der Waals surface area contributed by atoms with Gasteiger partial charge in [-0.15, -0.1) is 0 Å². The summed E-state index contributed by atoms with van der Waals surface area (Å²) in [5.41, 5.74) is 6.26. The summed E-state index contributed by atoms with van der Waals surface area (Å²) in [7, 11) is 2.03. The molecule has 0 unspecified atom stereocenters. The van der Waals surface area contributed by atoms with E-state index in [0.29, 0.717) is 6.04 Å². The highest BCUT2D eigenvalue weighted by Gasteiger charge is 2.30. The standard InChI is InChI=1S/C20H24N4/c1-14-19(15(2)23(3)22-14)13-24(17-8-9-17)12-16-10-11-21-20-7-5-4-6-18(16)20/h4-7,10-11,17H,8-9,12-13H2,1-3H3. The lowest BCUT2D eigenvalue weighted by atomic mass is 10.1. The molecule has 2 aromatic heterocycles. The van der Waals surface area contributed by atoms with Gasteiger partial charge in [0.15, 0.2) is 0 Å². The Morgan fingerprint density at radius 1 is 1.12 bits per heavy atom. The minimum atomic E-state index is 0.705. The molecule has 0 radical (unpaired) electrons. The highest BCUT2D eigenvalue weighted by Crippen LogP contribution is 2.32. The van der Waals surface area contributed by atoms with E-state index in [2.05, 4.69) is 59.2 Å². The van der Waals surface area contributed by atoms with Gasteiger partial charge in [-0.3, -0.25) is 14.6 Å². The summed E-state index contributed by atoms with van der Waals surface area (Å²) in [6, 6.07) is 11.3. The van der Waals surface area contributed by atoms with E-state index in [-0.39, 0.29) is 0 Å². The Hall–Kier alpha value is -2.20.